The summed E-state index contributed by atoms with van der Waals surface area (Å²) in [7, 11) is 0. The summed E-state index contributed by atoms with van der Waals surface area (Å²) in [6.07, 6.45) is 4.32. The van der Waals surface area contributed by atoms with Gasteiger partial charge in [0.1, 0.15) is 11.6 Å². The first-order chi connectivity index (χ1) is 11.7. The highest BCUT2D eigenvalue weighted by molar-refractivity contribution is 7.99. The van der Waals surface area contributed by atoms with Crippen molar-refractivity contribution in [2.45, 2.75) is 49.3 Å². The Kier molecular flexibility index (Phi) is 4.26. The average Bonchev–Trinajstić information content (AvgIpc) is 3.51. The van der Waals surface area contributed by atoms with E-state index in [4.69, 9.17) is 0 Å². The summed E-state index contributed by atoms with van der Waals surface area (Å²) in [5.41, 5.74) is 0.566. The molecule has 0 spiro atoms. The number of aromatic nitrogens is 3. The van der Waals surface area contributed by atoms with Gasteiger partial charge in [-0.25, -0.2) is 9.37 Å². The SMILES string of the molecule is O=C(CSc1n[nH]c(C2CC2)n1)N(Cc1ccccc1F)C1CC1. The number of hydrogen-bond acceptors (Lipinski definition) is 4. The van der Waals surface area contributed by atoms with Gasteiger partial charge in [0.15, 0.2) is 0 Å². The highest BCUT2D eigenvalue weighted by Crippen LogP contribution is 2.38. The van der Waals surface area contributed by atoms with Crippen LogP contribution in [-0.4, -0.2) is 37.8 Å². The minimum absolute atomic E-state index is 0.0172. The second-order valence-electron chi connectivity index (χ2n) is 6.41. The molecule has 0 radical (unpaired) electrons. The molecule has 1 aromatic heterocycles. The minimum Gasteiger partial charge on any atom is -0.335 e. The van der Waals surface area contributed by atoms with Gasteiger partial charge in [0.05, 0.1) is 5.75 Å². The van der Waals surface area contributed by atoms with Crippen LogP contribution >= 0.6 is 11.8 Å². The van der Waals surface area contributed by atoms with Gasteiger partial charge in [-0.2, -0.15) is 0 Å². The monoisotopic (exact) mass is 346 g/mol. The summed E-state index contributed by atoms with van der Waals surface area (Å²) >= 11 is 1.34. The van der Waals surface area contributed by atoms with Gasteiger partial charge < -0.3 is 4.90 Å². The Morgan fingerprint density at radius 1 is 1.29 bits per heavy atom. The highest BCUT2D eigenvalue weighted by Gasteiger charge is 2.33. The Bertz CT molecular complexity index is 742. The fraction of sp³-hybridized carbons (Fsp3) is 0.471. The van der Waals surface area contributed by atoms with Crippen molar-refractivity contribution < 1.29 is 9.18 Å². The van der Waals surface area contributed by atoms with Crippen LogP contribution in [0.15, 0.2) is 29.4 Å². The standard InChI is InChI=1S/C17H19FN4OS/c18-14-4-2-1-3-12(14)9-22(13-7-8-13)15(23)10-24-17-19-16(20-21-17)11-5-6-11/h1-4,11,13H,5-10H2,(H,19,20,21). The van der Waals surface area contributed by atoms with Crippen LogP contribution in [0, 0.1) is 5.82 Å². The molecule has 1 heterocycles. The van der Waals surface area contributed by atoms with Crippen molar-refractivity contribution in [2.75, 3.05) is 5.75 Å². The number of benzene rings is 1. The van der Waals surface area contributed by atoms with E-state index in [-0.39, 0.29) is 23.5 Å². The molecule has 2 saturated carbocycles. The lowest BCUT2D eigenvalue weighted by atomic mass is 10.2. The second kappa shape index (κ2) is 6.55. The lowest BCUT2D eigenvalue weighted by molar-refractivity contribution is -0.129. The van der Waals surface area contributed by atoms with E-state index in [1.807, 2.05) is 0 Å². The summed E-state index contributed by atoms with van der Waals surface area (Å²) in [6, 6.07) is 6.88. The zero-order chi connectivity index (χ0) is 16.5. The number of nitrogens with one attached hydrogen (secondary N) is 1. The van der Waals surface area contributed by atoms with Crippen molar-refractivity contribution in [2.24, 2.45) is 0 Å². The molecule has 1 aromatic carbocycles. The number of hydrogen-bond donors (Lipinski definition) is 1. The van der Waals surface area contributed by atoms with Crippen molar-refractivity contribution in [1.29, 1.82) is 0 Å². The summed E-state index contributed by atoms with van der Waals surface area (Å²) in [5.74, 6) is 1.49. The quantitative estimate of drug-likeness (QED) is 0.783. The number of amides is 1. The lowest BCUT2D eigenvalue weighted by Crippen LogP contribution is -2.34. The van der Waals surface area contributed by atoms with E-state index in [2.05, 4.69) is 15.2 Å². The van der Waals surface area contributed by atoms with Gasteiger partial charge in [0.25, 0.3) is 0 Å². The van der Waals surface area contributed by atoms with E-state index in [1.165, 1.54) is 17.8 Å². The van der Waals surface area contributed by atoms with E-state index in [0.29, 0.717) is 23.2 Å². The van der Waals surface area contributed by atoms with Crippen molar-refractivity contribution in [3.8, 4) is 0 Å². The Balaban J connectivity index is 1.37. The predicted molar refractivity (Wildman–Crippen MR) is 89.1 cm³/mol. The van der Waals surface area contributed by atoms with Gasteiger partial charge in [-0.15, -0.1) is 5.10 Å². The molecule has 24 heavy (non-hydrogen) atoms. The summed E-state index contributed by atoms with van der Waals surface area (Å²) < 4.78 is 13.9. The number of thioether (sulfide) groups is 1. The van der Waals surface area contributed by atoms with Crippen molar-refractivity contribution >= 4 is 17.7 Å². The Morgan fingerprint density at radius 2 is 2.08 bits per heavy atom. The maximum absolute atomic E-state index is 13.9. The fourth-order valence-corrected chi connectivity index (χ4v) is 3.38. The lowest BCUT2D eigenvalue weighted by Gasteiger charge is -2.22. The van der Waals surface area contributed by atoms with Gasteiger partial charge in [-0.3, -0.25) is 9.89 Å². The van der Waals surface area contributed by atoms with Crippen LogP contribution in [0.25, 0.3) is 0 Å². The Hall–Kier alpha value is -1.89. The normalized spacial score (nSPS) is 17.0. The van der Waals surface area contributed by atoms with Gasteiger partial charge in [-0.1, -0.05) is 30.0 Å². The number of rotatable bonds is 7. The van der Waals surface area contributed by atoms with Gasteiger partial charge in [0, 0.05) is 24.1 Å². The highest BCUT2D eigenvalue weighted by atomic mass is 32.2. The van der Waals surface area contributed by atoms with Gasteiger partial charge in [-0.05, 0) is 31.7 Å². The molecule has 2 fully saturated rings. The number of carbonyl (C=O) groups excluding carboxylic acids is 1. The maximum atomic E-state index is 13.9. The molecule has 2 aliphatic rings. The number of nitrogens with zero attached hydrogens (tertiary/aromatic N) is 3. The minimum atomic E-state index is -0.258. The zero-order valence-electron chi connectivity index (χ0n) is 13.2. The molecule has 126 valence electrons. The van der Waals surface area contributed by atoms with Gasteiger partial charge >= 0.3 is 0 Å². The topological polar surface area (TPSA) is 61.9 Å². The molecular weight excluding hydrogens is 327 g/mol. The van der Waals surface area contributed by atoms with Crippen molar-refractivity contribution in [3.05, 3.63) is 41.5 Å². The molecule has 0 saturated heterocycles. The third kappa shape index (κ3) is 3.61. The smallest absolute Gasteiger partial charge is 0.233 e. The molecule has 4 rings (SSSR count). The number of aromatic amines is 1. The van der Waals surface area contributed by atoms with Crippen molar-refractivity contribution in [1.82, 2.24) is 20.1 Å². The molecule has 1 N–H and O–H groups in total. The van der Waals surface area contributed by atoms with Crippen LogP contribution in [0.5, 0.6) is 0 Å². The molecule has 7 heteroatoms. The molecule has 0 bridgehead atoms. The Morgan fingerprint density at radius 3 is 2.79 bits per heavy atom. The zero-order valence-corrected chi connectivity index (χ0v) is 14.1. The first-order valence-electron chi connectivity index (χ1n) is 8.28. The van der Waals surface area contributed by atoms with E-state index in [9.17, 15) is 9.18 Å². The predicted octanol–water partition coefficient (Wildman–Crippen LogP) is 3.10. The third-order valence-corrected chi connectivity index (χ3v) is 5.21. The summed E-state index contributed by atoms with van der Waals surface area (Å²) in [5, 5.41) is 7.73. The molecule has 0 atom stereocenters. The maximum Gasteiger partial charge on any atom is 0.233 e. The van der Waals surface area contributed by atoms with E-state index in [1.54, 1.807) is 23.1 Å². The fourth-order valence-electron chi connectivity index (χ4n) is 2.69. The third-order valence-electron chi connectivity index (χ3n) is 4.38. The van der Waals surface area contributed by atoms with Crippen LogP contribution in [-0.2, 0) is 11.3 Å². The van der Waals surface area contributed by atoms with Crippen LogP contribution in [0.2, 0.25) is 0 Å². The number of halogens is 1. The Labute approximate surface area is 144 Å². The molecule has 2 aliphatic carbocycles. The van der Waals surface area contributed by atoms with Crippen molar-refractivity contribution in [3.63, 3.8) is 0 Å². The number of H-pyrrole nitrogens is 1. The summed E-state index contributed by atoms with van der Waals surface area (Å²) in [6.45, 7) is 0.331. The molecule has 0 unspecified atom stereocenters. The van der Waals surface area contributed by atoms with Crippen LogP contribution < -0.4 is 0 Å². The van der Waals surface area contributed by atoms with Gasteiger partial charge in [0.2, 0.25) is 11.1 Å². The molecule has 1 amide bonds. The van der Waals surface area contributed by atoms with E-state index >= 15 is 0 Å². The van der Waals surface area contributed by atoms with Crippen LogP contribution in [0.1, 0.15) is 43.0 Å². The molecule has 2 aromatic rings. The van der Waals surface area contributed by atoms with Crippen LogP contribution in [0.4, 0.5) is 4.39 Å². The molecular formula is C17H19FN4OS. The van der Waals surface area contributed by atoms with E-state index < -0.39 is 0 Å². The largest absolute Gasteiger partial charge is 0.335 e. The summed E-state index contributed by atoms with van der Waals surface area (Å²) in [4.78, 5) is 18.8. The number of carbonyl (C=O) groups is 1. The average molecular weight is 346 g/mol. The molecule has 0 aliphatic heterocycles. The van der Waals surface area contributed by atoms with Crippen LogP contribution in [0.3, 0.4) is 0 Å². The first kappa shape index (κ1) is 15.6. The second-order valence-corrected chi connectivity index (χ2v) is 7.35. The van der Waals surface area contributed by atoms with E-state index in [0.717, 1.165) is 31.5 Å². The molecule has 5 nitrogen and oxygen atoms in total. The first-order valence-corrected chi connectivity index (χ1v) is 9.27.